The number of aromatic nitrogens is 1. The van der Waals surface area contributed by atoms with Gasteiger partial charge in [-0.3, -0.25) is 4.98 Å². The zero-order chi connectivity index (χ0) is 17.8. The van der Waals surface area contributed by atoms with Gasteiger partial charge < -0.3 is 10.6 Å². The Morgan fingerprint density at radius 3 is 2.40 bits per heavy atom. The number of hydrogen-bond acceptors (Lipinski definition) is 2. The summed E-state index contributed by atoms with van der Waals surface area (Å²) in [4.78, 5) is 16.4. The van der Waals surface area contributed by atoms with Crippen LogP contribution < -0.4 is 10.6 Å². The summed E-state index contributed by atoms with van der Waals surface area (Å²) in [6.45, 7) is 3.90. The molecule has 0 saturated heterocycles. The van der Waals surface area contributed by atoms with Crippen LogP contribution in [0.2, 0.25) is 5.02 Å². The van der Waals surface area contributed by atoms with Gasteiger partial charge >= 0.3 is 6.03 Å². The van der Waals surface area contributed by atoms with Crippen LogP contribution in [0.1, 0.15) is 11.3 Å². The predicted molar refractivity (Wildman–Crippen MR) is 103 cm³/mol. The van der Waals surface area contributed by atoms with Crippen LogP contribution in [0.3, 0.4) is 0 Å². The van der Waals surface area contributed by atoms with Crippen molar-refractivity contribution in [1.29, 1.82) is 0 Å². The molecule has 2 N–H and O–H groups in total. The highest BCUT2D eigenvalue weighted by Crippen LogP contribution is 2.24. The number of amides is 2. The molecule has 1 heterocycles. The molecular weight excluding hydrogens is 334 g/mol. The second-order valence-corrected chi connectivity index (χ2v) is 6.23. The minimum atomic E-state index is -0.333. The normalized spacial score (nSPS) is 10.4. The van der Waals surface area contributed by atoms with Crippen LogP contribution in [-0.2, 0) is 0 Å². The Morgan fingerprint density at radius 1 is 0.920 bits per heavy atom. The van der Waals surface area contributed by atoms with Crippen LogP contribution in [0, 0.1) is 13.8 Å². The molecule has 2 amide bonds. The third-order valence-corrected chi connectivity index (χ3v) is 4.07. The Labute approximate surface area is 151 Å². The van der Waals surface area contributed by atoms with Crippen LogP contribution >= 0.6 is 11.6 Å². The molecule has 0 radical (unpaired) electrons. The predicted octanol–water partition coefficient (Wildman–Crippen LogP) is 5.66. The Balaban J connectivity index is 1.69. The summed E-state index contributed by atoms with van der Waals surface area (Å²) in [6.07, 6.45) is 1.79. The summed E-state index contributed by atoms with van der Waals surface area (Å²) in [5.41, 5.74) is 5.44. The molecule has 0 spiro atoms. The van der Waals surface area contributed by atoms with E-state index in [1.165, 1.54) is 0 Å². The summed E-state index contributed by atoms with van der Waals surface area (Å²) in [6, 6.07) is 16.8. The van der Waals surface area contributed by atoms with Gasteiger partial charge in [0.25, 0.3) is 0 Å². The van der Waals surface area contributed by atoms with Gasteiger partial charge in [0, 0.05) is 17.6 Å². The largest absolute Gasteiger partial charge is 0.323 e. The summed E-state index contributed by atoms with van der Waals surface area (Å²) >= 11 is 6.10. The highest BCUT2D eigenvalue weighted by molar-refractivity contribution is 6.33. The first-order valence-electron chi connectivity index (χ1n) is 7.88. The summed E-state index contributed by atoms with van der Waals surface area (Å²) in [5.74, 6) is 0. The second-order valence-electron chi connectivity index (χ2n) is 5.83. The molecule has 0 bridgehead atoms. The molecule has 0 fully saturated rings. The molecule has 1 aromatic heterocycles. The van der Waals surface area contributed by atoms with E-state index in [4.69, 9.17) is 11.6 Å². The summed E-state index contributed by atoms with van der Waals surface area (Å²) < 4.78 is 0. The fourth-order valence-corrected chi connectivity index (χ4v) is 2.66. The second kappa shape index (κ2) is 7.36. The molecule has 0 unspecified atom stereocenters. The first kappa shape index (κ1) is 17.0. The van der Waals surface area contributed by atoms with Gasteiger partial charge in [-0.15, -0.1) is 0 Å². The van der Waals surface area contributed by atoms with E-state index in [9.17, 15) is 4.79 Å². The quantitative estimate of drug-likeness (QED) is 0.639. The molecule has 4 nitrogen and oxygen atoms in total. The van der Waals surface area contributed by atoms with Gasteiger partial charge in [0.15, 0.2) is 0 Å². The lowest BCUT2D eigenvalue weighted by atomic mass is 10.1. The van der Waals surface area contributed by atoms with Gasteiger partial charge in [0.05, 0.1) is 10.7 Å². The van der Waals surface area contributed by atoms with Crippen molar-refractivity contribution in [2.24, 2.45) is 0 Å². The Hall–Kier alpha value is -2.85. The van der Waals surface area contributed by atoms with E-state index in [2.05, 4.69) is 15.6 Å². The number of nitrogens with one attached hydrogen (secondary N) is 2. The SMILES string of the molecule is Cc1ccc(Cl)c(NC(=O)Nc2ccc(-c3ccnc(C)c3)cc2)c1. The fraction of sp³-hybridized carbons (Fsp3) is 0.100. The van der Waals surface area contributed by atoms with E-state index in [-0.39, 0.29) is 6.03 Å². The lowest BCUT2D eigenvalue weighted by Gasteiger charge is -2.10. The first-order chi connectivity index (χ1) is 12.0. The van der Waals surface area contributed by atoms with Crippen molar-refractivity contribution in [3.05, 3.63) is 77.1 Å². The van der Waals surface area contributed by atoms with E-state index < -0.39 is 0 Å². The fourth-order valence-electron chi connectivity index (χ4n) is 2.49. The molecule has 0 aliphatic carbocycles. The minimum Gasteiger partial charge on any atom is -0.308 e. The molecule has 2 aromatic carbocycles. The molecule has 0 atom stereocenters. The standard InChI is InChI=1S/C20H18ClN3O/c1-13-3-8-18(21)19(11-13)24-20(25)23-17-6-4-15(5-7-17)16-9-10-22-14(2)12-16/h3-12H,1-2H3,(H2,23,24,25). The van der Waals surface area contributed by atoms with Crippen LogP contribution in [0.4, 0.5) is 16.2 Å². The number of urea groups is 1. The average molecular weight is 352 g/mol. The van der Waals surface area contributed by atoms with E-state index in [0.29, 0.717) is 16.4 Å². The minimum absolute atomic E-state index is 0.333. The number of anilines is 2. The molecule has 0 aliphatic heterocycles. The average Bonchev–Trinajstić information content (AvgIpc) is 2.59. The number of rotatable bonds is 3. The number of halogens is 1. The van der Waals surface area contributed by atoms with Crippen molar-refractivity contribution >= 4 is 29.0 Å². The topological polar surface area (TPSA) is 54.0 Å². The molecule has 0 saturated carbocycles. The molecule has 0 aliphatic rings. The molecular formula is C20H18ClN3O. The molecule has 126 valence electrons. The maximum atomic E-state index is 12.2. The van der Waals surface area contributed by atoms with Gasteiger partial charge in [0.1, 0.15) is 0 Å². The van der Waals surface area contributed by atoms with E-state index in [0.717, 1.165) is 22.4 Å². The van der Waals surface area contributed by atoms with E-state index >= 15 is 0 Å². The van der Waals surface area contributed by atoms with Gasteiger partial charge in [-0.05, 0) is 66.9 Å². The number of hydrogen-bond donors (Lipinski definition) is 2. The number of carbonyl (C=O) groups excluding carboxylic acids is 1. The number of pyridine rings is 1. The van der Waals surface area contributed by atoms with Crippen molar-refractivity contribution in [1.82, 2.24) is 4.98 Å². The molecule has 3 aromatic rings. The number of benzene rings is 2. The van der Waals surface area contributed by atoms with Crippen molar-refractivity contribution in [2.45, 2.75) is 13.8 Å². The third-order valence-electron chi connectivity index (χ3n) is 3.74. The highest BCUT2D eigenvalue weighted by atomic mass is 35.5. The smallest absolute Gasteiger partial charge is 0.308 e. The summed E-state index contributed by atoms with van der Waals surface area (Å²) in [7, 11) is 0. The van der Waals surface area contributed by atoms with Crippen LogP contribution in [0.15, 0.2) is 60.8 Å². The van der Waals surface area contributed by atoms with Crippen LogP contribution in [-0.4, -0.2) is 11.0 Å². The molecule has 5 heteroatoms. The zero-order valence-electron chi connectivity index (χ0n) is 14.0. The van der Waals surface area contributed by atoms with Crippen molar-refractivity contribution in [2.75, 3.05) is 10.6 Å². The zero-order valence-corrected chi connectivity index (χ0v) is 14.8. The maximum absolute atomic E-state index is 12.2. The van der Waals surface area contributed by atoms with Gasteiger partial charge in [-0.25, -0.2) is 4.79 Å². The number of aryl methyl sites for hydroxylation is 2. The number of carbonyl (C=O) groups is 1. The van der Waals surface area contributed by atoms with Gasteiger partial charge in [-0.2, -0.15) is 0 Å². The van der Waals surface area contributed by atoms with Gasteiger partial charge in [0.2, 0.25) is 0 Å². The van der Waals surface area contributed by atoms with Crippen LogP contribution in [0.5, 0.6) is 0 Å². The maximum Gasteiger partial charge on any atom is 0.323 e. The highest BCUT2D eigenvalue weighted by Gasteiger charge is 2.07. The Bertz CT molecular complexity index is 907. The van der Waals surface area contributed by atoms with Crippen molar-refractivity contribution < 1.29 is 4.79 Å². The number of nitrogens with zero attached hydrogens (tertiary/aromatic N) is 1. The Kier molecular flexibility index (Phi) is 5.00. The van der Waals surface area contributed by atoms with E-state index in [1.54, 1.807) is 12.3 Å². The Morgan fingerprint density at radius 2 is 1.68 bits per heavy atom. The van der Waals surface area contributed by atoms with Crippen molar-refractivity contribution in [3.63, 3.8) is 0 Å². The third kappa shape index (κ3) is 4.37. The lowest BCUT2D eigenvalue weighted by molar-refractivity contribution is 0.262. The van der Waals surface area contributed by atoms with Crippen LogP contribution in [0.25, 0.3) is 11.1 Å². The molecule has 3 rings (SSSR count). The monoisotopic (exact) mass is 351 g/mol. The lowest BCUT2D eigenvalue weighted by Crippen LogP contribution is -2.19. The van der Waals surface area contributed by atoms with E-state index in [1.807, 2.05) is 62.4 Å². The molecule has 25 heavy (non-hydrogen) atoms. The van der Waals surface area contributed by atoms with Gasteiger partial charge in [-0.1, -0.05) is 29.8 Å². The first-order valence-corrected chi connectivity index (χ1v) is 8.26. The summed E-state index contributed by atoms with van der Waals surface area (Å²) in [5, 5.41) is 6.07. The van der Waals surface area contributed by atoms with Crippen molar-refractivity contribution in [3.8, 4) is 11.1 Å².